The monoisotopic (exact) mass is 183 g/mol. The van der Waals surface area contributed by atoms with Crippen molar-refractivity contribution in [1.82, 2.24) is 9.97 Å². The average Bonchev–Trinajstić information content (AvgIpc) is 2.09. The summed E-state index contributed by atoms with van der Waals surface area (Å²) in [6.45, 7) is 2.17. The molecule has 12 heavy (non-hydrogen) atoms. The SMILES string of the molecule is CCCCSc1nccnc1N. The highest BCUT2D eigenvalue weighted by molar-refractivity contribution is 7.99. The zero-order valence-corrected chi connectivity index (χ0v) is 7.97. The van der Waals surface area contributed by atoms with Crippen LogP contribution in [0.1, 0.15) is 19.8 Å². The Morgan fingerprint density at radius 1 is 1.42 bits per heavy atom. The van der Waals surface area contributed by atoms with E-state index in [9.17, 15) is 0 Å². The minimum atomic E-state index is 0.540. The van der Waals surface area contributed by atoms with E-state index in [0.29, 0.717) is 5.82 Å². The highest BCUT2D eigenvalue weighted by Gasteiger charge is 1.99. The summed E-state index contributed by atoms with van der Waals surface area (Å²) >= 11 is 1.67. The Hall–Kier alpha value is -0.770. The molecule has 0 radical (unpaired) electrons. The van der Waals surface area contributed by atoms with Crippen molar-refractivity contribution in [2.45, 2.75) is 24.8 Å². The van der Waals surface area contributed by atoms with Gasteiger partial charge in [-0.1, -0.05) is 13.3 Å². The molecular weight excluding hydrogens is 170 g/mol. The van der Waals surface area contributed by atoms with Crippen LogP contribution < -0.4 is 5.73 Å². The zero-order valence-electron chi connectivity index (χ0n) is 7.16. The summed E-state index contributed by atoms with van der Waals surface area (Å²) in [5, 5.41) is 0.853. The minimum Gasteiger partial charge on any atom is -0.381 e. The predicted octanol–water partition coefficient (Wildman–Crippen LogP) is 1.95. The normalized spacial score (nSPS) is 10.1. The van der Waals surface area contributed by atoms with Gasteiger partial charge in [-0.2, -0.15) is 0 Å². The Morgan fingerprint density at radius 2 is 2.17 bits per heavy atom. The van der Waals surface area contributed by atoms with Crippen LogP contribution in [0.4, 0.5) is 5.82 Å². The van der Waals surface area contributed by atoms with Crippen molar-refractivity contribution in [1.29, 1.82) is 0 Å². The van der Waals surface area contributed by atoms with Crippen molar-refractivity contribution >= 4 is 17.6 Å². The smallest absolute Gasteiger partial charge is 0.156 e. The van der Waals surface area contributed by atoms with Crippen LogP contribution in [0.5, 0.6) is 0 Å². The van der Waals surface area contributed by atoms with E-state index in [1.54, 1.807) is 24.2 Å². The van der Waals surface area contributed by atoms with E-state index in [1.807, 2.05) is 0 Å². The first-order chi connectivity index (χ1) is 5.84. The fourth-order valence-corrected chi connectivity index (χ4v) is 1.72. The molecule has 66 valence electrons. The number of hydrogen-bond acceptors (Lipinski definition) is 4. The number of rotatable bonds is 4. The van der Waals surface area contributed by atoms with Crippen LogP contribution in [-0.2, 0) is 0 Å². The molecule has 1 aromatic rings. The summed E-state index contributed by atoms with van der Waals surface area (Å²) in [5.74, 6) is 1.61. The van der Waals surface area contributed by atoms with E-state index in [1.165, 1.54) is 12.8 Å². The van der Waals surface area contributed by atoms with Crippen molar-refractivity contribution in [2.75, 3.05) is 11.5 Å². The zero-order chi connectivity index (χ0) is 8.81. The molecule has 0 aliphatic rings. The molecule has 0 aliphatic carbocycles. The maximum atomic E-state index is 5.61. The van der Waals surface area contributed by atoms with Gasteiger partial charge < -0.3 is 5.73 Å². The lowest BCUT2D eigenvalue weighted by atomic mass is 10.4. The van der Waals surface area contributed by atoms with Crippen LogP contribution in [-0.4, -0.2) is 15.7 Å². The standard InChI is InChI=1S/C8H13N3S/c1-2-3-6-12-8-7(9)10-4-5-11-8/h4-5H,2-3,6H2,1H3,(H2,9,10). The third-order valence-electron chi connectivity index (χ3n) is 1.43. The summed E-state index contributed by atoms with van der Waals surface area (Å²) in [6.07, 6.45) is 5.68. The van der Waals surface area contributed by atoms with Crippen LogP contribution in [0, 0.1) is 0 Å². The second-order valence-electron chi connectivity index (χ2n) is 2.45. The molecule has 0 saturated carbocycles. The number of hydrogen-bond donors (Lipinski definition) is 1. The van der Waals surface area contributed by atoms with Gasteiger partial charge >= 0.3 is 0 Å². The molecule has 0 atom stereocenters. The largest absolute Gasteiger partial charge is 0.381 e. The Morgan fingerprint density at radius 3 is 2.83 bits per heavy atom. The predicted molar refractivity (Wildman–Crippen MR) is 52.1 cm³/mol. The first kappa shape index (κ1) is 9.32. The quantitative estimate of drug-likeness (QED) is 0.572. The van der Waals surface area contributed by atoms with E-state index in [2.05, 4.69) is 16.9 Å². The summed E-state index contributed by atoms with van der Waals surface area (Å²) in [5.41, 5.74) is 5.61. The summed E-state index contributed by atoms with van der Waals surface area (Å²) in [7, 11) is 0. The molecule has 0 aromatic carbocycles. The lowest BCUT2D eigenvalue weighted by Gasteiger charge is -2.00. The Bertz CT molecular complexity index is 239. The lowest BCUT2D eigenvalue weighted by molar-refractivity contribution is 0.894. The molecule has 0 spiro atoms. The molecule has 0 unspecified atom stereocenters. The van der Waals surface area contributed by atoms with E-state index < -0.39 is 0 Å². The Kier molecular flexibility index (Phi) is 3.87. The van der Waals surface area contributed by atoms with Crippen LogP contribution >= 0.6 is 11.8 Å². The number of aromatic nitrogens is 2. The Labute approximate surface area is 76.8 Å². The summed E-state index contributed by atoms with van der Waals surface area (Å²) in [6, 6.07) is 0. The summed E-state index contributed by atoms with van der Waals surface area (Å²) < 4.78 is 0. The van der Waals surface area contributed by atoms with Crippen LogP contribution in [0.15, 0.2) is 17.4 Å². The van der Waals surface area contributed by atoms with E-state index in [-0.39, 0.29) is 0 Å². The number of unbranched alkanes of at least 4 members (excludes halogenated alkanes) is 1. The molecule has 0 amide bonds. The van der Waals surface area contributed by atoms with Gasteiger partial charge in [-0.25, -0.2) is 9.97 Å². The van der Waals surface area contributed by atoms with E-state index in [4.69, 9.17) is 5.73 Å². The number of nitrogens with zero attached hydrogens (tertiary/aromatic N) is 2. The number of thioether (sulfide) groups is 1. The van der Waals surface area contributed by atoms with E-state index >= 15 is 0 Å². The molecule has 1 rings (SSSR count). The molecule has 3 nitrogen and oxygen atoms in total. The first-order valence-corrected chi connectivity index (χ1v) is 5.02. The first-order valence-electron chi connectivity index (χ1n) is 4.04. The second kappa shape index (κ2) is 4.98. The molecule has 1 aromatic heterocycles. The summed E-state index contributed by atoms with van der Waals surface area (Å²) in [4.78, 5) is 8.08. The van der Waals surface area contributed by atoms with Gasteiger partial charge in [-0.3, -0.25) is 0 Å². The van der Waals surface area contributed by atoms with Crippen LogP contribution in [0.2, 0.25) is 0 Å². The molecular formula is C8H13N3S. The van der Waals surface area contributed by atoms with Crippen molar-refractivity contribution in [2.24, 2.45) is 0 Å². The third kappa shape index (κ3) is 2.70. The molecule has 0 fully saturated rings. The number of nitrogen functional groups attached to an aromatic ring is 1. The van der Waals surface area contributed by atoms with Crippen molar-refractivity contribution < 1.29 is 0 Å². The topological polar surface area (TPSA) is 51.8 Å². The fourth-order valence-electron chi connectivity index (χ4n) is 0.760. The second-order valence-corrected chi connectivity index (χ2v) is 3.53. The molecule has 2 N–H and O–H groups in total. The molecule has 0 bridgehead atoms. The van der Waals surface area contributed by atoms with Gasteiger partial charge in [-0.05, 0) is 12.2 Å². The van der Waals surface area contributed by atoms with E-state index in [0.717, 1.165) is 10.8 Å². The highest BCUT2D eigenvalue weighted by atomic mass is 32.2. The maximum Gasteiger partial charge on any atom is 0.156 e. The highest BCUT2D eigenvalue weighted by Crippen LogP contribution is 2.20. The van der Waals surface area contributed by atoms with Crippen LogP contribution in [0.3, 0.4) is 0 Å². The molecule has 1 heterocycles. The van der Waals surface area contributed by atoms with Crippen molar-refractivity contribution in [3.63, 3.8) is 0 Å². The molecule has 0 aliphatic heterocycles. The number of nitrogens with two attached hydrogens (primary N) is 1. The van der Waals surface area contributed by atoms with Gasteiger partial charge in [0.15, 0.2) is 5.82 Å². The molecule has 4 heteroatoms. The average molecular weight is 183 g/mol. The van der Waals surface area contributed by atoms with Crippen molar-refractivity contribution in [3.05, 3.63) is 12.4 Å². The molecule has 0 saturated heterocycles. The van der Waals surface area contributed by atoms with Gasteiger partial charge in [0.1, 0.15) is 5.03 Å². The minimum absolute atomic E-state index is 0.540. The third-order valence-corrected chi connectivity index (χ3v) is 2.51. The maximum absolute atomic E-state index is 5.61. The van der Waals surface area contributed by atoms with Gasteiger partial charge in [0.2, 0.25) is 0 Å². The van der Waals surface area contributed by atoms with Gasteiger partial charge in [0, 0.05) is 12.4 Å². The fraction of sp³-hybridized carbons (Fsp3) is 0.500. The van der Waals surface area contributed by atoms with Crippen molar-refractivity contribution in [3.8, 4) is 0 Å². The van der Waals surface area contributed by atoms with Gasteiger partial charge in [0.25, 0.3) is 0 Å². The van der Waals surface area contributed by atoms with Gasteiger partial charge in [0.05, 0.1) is 0 Å². The van der Waals surface area contributed by atoms with Gasteiger partial charge in [-0.15, -0.1) is 11.8 Å². The Balaban J connectivity index is 2.46. The lowest BCUT2D eigenvalue weighted by Crippen LogP contribution is -1.95. The van der Waals surface area contributed by atoms with Crippen LogP contribution in [0.25, 0.3) is 0 Å². The number of anilines is 1.